The van der Waals surface area contributed by atoms with Gasteiger partial charge in [0.2, 0.25) is 5.91 Å². The highest BCUT2D eigenvalue weighted by Gasteiger charge is 2.77. The maximum atomic E-state index is 14.3. The van der Waals surface area contributed by atoms with Crippen LogP contribution in [0.1, 0.15) is 13.3 Å². The molecule has 3 unspecified atom stereocenters. The molecule has 3 fully saturated rings. The van der Waals surface area contributed by atoms with Crippen LogP contribution < -0.4 is 4.90 Å². The van der Waals surface area contributed by atoms with Crippen molar-refractivity contribution in [2.45, 2.75) is 35.9 Å². The Hall–Kier alpha value is -2.75. The average molecular weight is 557 g/mol. The third-order valence-corrected chi connectivity index (χ3v) is 8.39. The van der Waals surface area contributed by atoms with Crippen LogP contribution in [0.15, 0.2) is 55.1 Å². The maximum absolute atomic E-state index is 14.3. The van der Waals surface area contributed by atoms with Gasteiger partial charge < -0.3 is 24.4 Å². The van der Waals surface area contributed by atoms with Gasteiger partial charge in [0, 0.05) is 23.6 Å². The molecule has 8 nitrogen and oxygen atoms in total. The van der Waals surface area contributed by atoms with Crippen LogP contribution in [0.5, 0.6) is 0 Å². The molecule has 3 aliphatic rings. The summed E-state index contributed by atoms with van der Waals surface area (Å²) in [4.78, 5) is 43.7. The van der Waals surface area contributed by atoms with E-state index in [1.165, 1.54) is 4.90 Å². The zero-order chi connectivity index (χ0) is 25.6. The van der Waals surface area contributed by atoms with E-state index in [9.17, 15) is 19.5 Å². The molecule has 5 rings (SSSR count). The lowest BCUT2D eigenvalue weighted by molar-refractivity contribution is -0.154. The van der Waals surface area contributed by atoms with Crippen molar-refractivity contribution in [3.05, 3.63) is 55.1 Å². The number of ether oxygens (including phenoxy) is 2. The van der Waals surface area contributed by atoms with Crippen LogP contribution in [0.4, 0.5) is 5.69 Å². The highest BCUT2D eigenvalue weighted by Crippen LogP contribution is 2.60. The van der Waals surface area contributed by atoms with E-state index in [4.69, 9.17) is 9.47 Å². The number of rotatable bonds is 8. The highest BCUT2D eigenvalue weighted by molar-refractivity contribution is 9.09. The molecule has 2 amide bonds. The van der Waals surface area contributed by atoms with Gasteiger partial charge >= 0.3 is 5.97 Å². The molecule has 6 atom stereocenters. The number of carbonyl (C=O) groups is 3. The van der Waals surface area contributed by atoms with E-state index in [0.29, 0.717) is 12.1 Å². The minimum Gasteiger partial charge on any atom is -0.466 e. The Labute approximate surface area is 218 Å². The van der Waals surface area contributed by atoms with E-state index in [-0.39, 0.29) is 42.9 Å². The SMILES string of the molecule is C=CCN(C(=O)C1N(CCO)C(=O)[C@@H]2[C@H](C(=O)OCC)[C@H]3OC12CC3Br)c1ccc2ccccc2c1. The number of fused-ring (bicyclic) bond motifs is 2. The summed E-state index contributed by atoms with van der Waals surface area (Å²) in [7, 11) is 0. The Morgan fingerprint density at radius 1 is 1.31 bits per heavy atom. The third kappa shape index (κ3) is 3.67. The van der Waals surface area contributed by atoms with Crippen molar-refractivity contribution in [2.75, 3.05) is 31.2 Å². The molecular formula is C27H29BrN2O6. The molecule has 36 heavy (non-hydrogen) atoms. The summed E-state index contributed by atoms with van der Waals surface area (Å²) in [5.74, 6) is -2.86. The minimum atomic E-state index is -1.20. The molecule has 3 heterocycles. The van der Waals surface area contributed by atoms with Crippen molar-refractivity contribution in [3.8, 4) is 0 Å². The highest BCUT2D eigenvalue weighted by atomic mass is 79.9. The standard InChI is InChI=1S/C27H29BrN2O6/c1-3-11-29(18-10-9-16-7-5-6-8-17(16)14-18)25(33)23-27-15-19(28)22(36-27)20(26(34)35-4-2)21(27)24(32)30(23)12-13-31/h3,5-10,14,19-23,31H,1,4,11-13,15H2,2H3/t19?,20-,21-,22-,23?,27?/m0/s1. The fourth-order valence-electron chi connectivity index (χ4n) is 6.21. The molecule has 0 saturated carbocycles. The Balaban J connectivity index is 1.58. The van der Waals surface area contributed by atoms with E-state index < -0.39 is 35.6 Å². The molecule has 2 aromatic rings. The molecule has 9 heteroatoms. The van der Waals surface area contributed by atoms with Crippen molar-refractivity contribution in [1.29, 1.82) is 0 Å². The summed E-state index contributed by atoms with van der Waals surface area (Å²) in [6.45, 7) is 5.59. The summed E-state index contributed by atoms with van der Waals surface area (Å²) < 4.78 is 11.7. The van der Waals surface area contributed by atoms with Crippen molar-refractivity contribution in [3.63, 3.8) is 0 Å². The van der Waals surface area contributed by atoms with E-state index in [0.717, 1.165) is 10.8 Å². The molecule has 1 N–H and O–H groups in total. The summed E-state index contributed by atoms with van der Waals surface area (Å²) in [6, 6.07) is 12.6. The van der Waals surface area contributed by atoms with Crippen LogP contribution in [0.3, 0.4) is 0 Å². The van der Waals surface area contributed by atoms with E-state index >= 15 is 0 Å². The second kappa shape index (κ2) is 9.61. The Bertz CT molecular complexity index is 1220. The van der Waals surface area contributed by atoms with Crippen LogP contribution in [0.2, 0.25) is 0 Å². The van der Waals surface area contributed by atoms with E-state index in [1.54, 1.807) is 17.9 Å². The zero-order valence-electron chi connectivity index (χ0n) is 20.0. The van der Waals surface area contributed by atoms with Crippen LogP contribution in [-0.4, -0.2) is 76.7 Å². The molecule has 0 aliphatic carbocycles. The van der Waals surface area contributed by atoms with Gasteiger partial charge in [-0.1, -0.05) is 52.3 Å². The molecule has 3 aliphatic heterocycles. The lowest BCUT2D eigenvalue weighted by atomic mass is 9.70. The van der Waals surface area contributed by atoms with Gasteiger partial charge in [0.1, 0.15) is 11.6 Å². The first kappa shape index (κ1) is 24.9. The molecule has 0 aromatic heterocycles. The summed E-state index contributed by atoms with van der Waals surface area (Å²) in [5.41, 5.74) is -0.532. The summed E-state index contributed by atoms with van der Waals surface area (Å²) in [6.07, 6.45) is 1.46. The number of aliphatic hydroxyl groups is 1. The first-order chi connectivity index (χ1) is 17.4. The number of nitrogens with zero attached hydrogens (tertiary/aromatic N) is 2. The number of hydrogen-bond acceptors (Lipinski definition) is 6. The van der Waals surface area contributed by atoms with Gasteiger partial charge in [-0.2, -0.15) is 0 Å². The monoisotopic (exact) mass is 556 g/mol. The smallest absolute Gasteiger partial charge is 0.312 e. The van der Waals surface area contributed by atoms with Crippen LogP contribution in [0.25, 0.3) is 10.8 Å². The molecule has 3 saturated heterocycles. The van der Waals surface area contributed by atoms with Crippen molar-refractivity contribution in [2.24, 2.45) is 11.8 Å². The number of amides is 2. The Morgan fingerprint density at radius 2 is 2.06 bits per heavy atom. The summed E-state index contributed by atoms with van der Waals surface area (Å²) in [5, 5.41) is 11.8. The van der Waals surface area contributed by atoms with Crippen molar-refractivity contribution in [1.82, 2.24) is 4.90 Å². The molecule has 2 aromatic carbocycles. The minimum absolute atomic E-state index is 0.0380. The van der Waals surface area contributed by atoms with Gasteiger partial charge in [0.15, 0.2) is 0 Å². The molecule has 0 radical (unpaired) electrons. The zero-order valence-corrected chi connectivity index (χ0v) is 21.6. The number of alkyl halides is 1. The Kier molecular flexibility index (Phi) is 6.65. The van der Waals surface area contributed by atoms with Gasteiger partial charge in [-0.3, -0.25) is 14.4 Å². The predicted octanol–water partition coefficient (Wildman–Crippen LogP) is 2.66. The predicted molar refractivity (Wildman–Crippen MR) is 138 cm³/mol. The molecular weight excluding hydrogens is 528 g/mol. The number of esters is 1. The normalized spacial score (nSPS) is 30.5. The largest absolute Gasteiger partial charge is 0.466 e. The van der Waals surface area contributed by atoms with Gasteiger partial charge in [-0.25, -0.2) is 0 Å². The quantitative estimate of drug-likeness (QED) is 0.305. The summed E-state index contributed by atoms with van der Waals surface area (Å²) >= 11 is 3.63. The van der Waals surface area contributed by atoms with Crippen molar-refractivity contribution < 1.29 is 29.0 Å². The van der Waals surface area contributed by atoms with Gasteiger partial charge in [0.05, 0.1) is 31.2 Å². The number of halogens is 1. The average Bonchev–Trinajstić information content (AvgIpc) is 3.46. The van der Waals surface area contributed by atoms with Crippen molar-refractivity contribution >= 4 is 50.2 Å². The lowest BCUT2D eigenvalue weighted by Crippen LogP contribution is -2.57. The number of β-amino-alcohol motifs (C(OH)–C–C–N with tert-alkyl or cyclic N) is 1. The van der Waals surface area contributed by atoms with Gasteiger partial charge in [0.25, 0.3) is 5.91 Å². The molecule has 1 spiro atoms. The van der Waals surface area contributed by atoms with Crippen LogP contribution in [0, 0.1) is 11.8 Å². The van der Waals surface area contributed by atoms with E-state index in [1.807, 2.05) is 42.5 Å². The number of carbonyl (C=O) groups excluding carboxylic acids is 3. The number of benzene rings is 2. The Morgan fingerprint density at radius 3 is 2.75 bits per heavy atom. The second-order valence-electron chi connectivity index (χ2n) is 9.44. The maximum Gasteiger partial charge on any atom is 0.312 e. The lowest BCUT2D eigenvalue weighted by Gasteiger charge is -2.37. The van der Waals surface area contributed by atoms with Crippen LogP contribution >= 0.6 is 15.9 Å². The fourth-order valence-corrected chi connectivity index (χ4v) is 7.15. The first-order valence-electron chi connectivity index (χ1n) is 12.2. The van der Waals surface area contributed by atoms with E-state index in [2.05, 4.69) is 22.5 Å². The fraction of sp³-hybridized carbons (Fsp3) is 0.444. The number of hydrogen-bond donors (Lipinski definition) is 1. The topological polar surface area (TPSA) is 96.4 Å². The second-order valence-corrected chi connectivity index (χ2v) is 10.6. The van der Waals surface area contributed by atoms with Gasteiger partial charge in [-0.05, 0) is 36.2 Å². The number of anilines is 1. The van der Waals surface area contributed by atoms with Crippen LogP contribution in [-0.2, 0) is 23.9 Å². The molecule has 190 valence electrons. The number of likely N-dealkylation sites (tertiary alicyclic amines) is 1. The number of aliphatic hydroxyl groups excluding tert-OH is 1. The third-order valence-electron chi connectivity index (χ3n) is 7.55. The van der Waals surface area contributed by atoms with Gasteiger partial charge in [-0.15, -0.1) is 6.58 Å². The molecule has 2 bridgehead atoms. The first-order valence-corrected chi connectivity index (χ1v) is 13.1.